The molecule has 0 heterocycles. The van der Waals surface area contributed by atoms with E-state index in [2.05, 4.69) is 24.5 Å². The maximum absolute atomic E-state index is 13.2. The van der Waals surface area contributed by atoms with Crippen LogP contribution in [0.15, 0.2) is 24.3 Å². The number of benzene rings is 1. The lowest BCUT2D eigenvalue weighted by molar-refractivity contribution is -0.140. The molecular weight excluding hydrogens is 422 g/mol. The van der Waals surface area contributed by atoms with Gasteiger partial charge in [-0.05, 0) is 51.3 Å². The van der Waals surface area contributed by atoms with Gasteiger partial charge in [-0.3, -0.25) is 9.59 Å². The molecule has 0 aliphatic carbocycles. The minimum absolute atomic E-state index is 0.0177. The van der Waals surface area contributed by atoms with Crippen molar-refractivity contribution in [1.29, 1.82) is 0 Å². The predicted molar refractivity (Wildman–Crippen MR) is 129 cm³/mol. The van der Waals surface area contributed by atoms with Gasteiger partial charge < -0.3 is 25.4 Å². The van der Waals surface area contributed by atoms with Crippen molar-refractivity contribution in [2.45, 2.75) is 84.8 Å². The van der Waals surface area contributed by atoms with Gasteiger partial charge in [0, 0.05) is 13.1 Å². The van der Waals surface area contributed by atoms with E-state index in [4.69, 9.17) is 4.74 Å². The highest BCUT2D eigenvalue weighted by Crippen LogP contribution is 2.25. The summed E-state index contributed by atoms with van der Waals surface area (Å²) in [6, 6.07) is 5.47. The summed E-state index contributed by atoms with van der Waals surface area (Å²) in [5.74, 6) is -0.683. The number of aromatic hydroxyl groups is 1. The van der Waals surface area contributed by atoms with Crippen molar-refractivity contribution in [3.05, 3.63) is 29.8 Å². The Bertz CT molecular complexity index is 761. The topological polar surface area (TPSA) is 108 Å². The van der Waals surface area contributed by atoms with Crippen LogP contribution in [0.2, 0.25) is 0 Å². The minimum Gasteiger partial charge on any atom is -0.508 e. The molecule has 0 fully saturated rings. The Labute approximate surface area is 198 Å². The van der Waals surface area contributed by atoms with Crippen LogP contribution in [-0.4, -0.2) is 53.1 Å². The Kier molecular flexibility index (Phi) is 12.3. The van der Waals surface area contributed by atoms with Crippen molar-refractivity contribution in [3.63, 3.8) is 0 Å². The Morgan fingerprint density at radius 1 is 1.03 bits per heavy atom. The fraction of sp³-hybridized carbons (Fsp3) is 0.640. The third-order valence-corrected chi connectivity index (χ3v) is 4.93. The third-order valence-electron chi connectivity index (χ3n) is 4.93. The maximum Gasteiger partial charge on any atom is 0.408 e. The summed E-state index contributed by atoms with van der Waals surface area (Å²) in [5.41, 5.74) is -0.165. The predicted octanol–water partition coefficient (Wildman–Crippen LogP) is 4.28. The van der Waals surface area contributed by atoms with Crippen LogP contribution >= 0.6 is 0 Å². The molecule has 8 nitrogen and oxygen atoms in total. The summed E-state index contributed by atoms with van der Waals surface area (Å²) in [7, 11) is 0. The molecule has 0 saturated carbocycles. The van der Waals surface area contributed by atoms with E-state index in [1.807, 2.05) is 0 Å². The molecule has 8 heteroatoms. The van der Waals surface area contributed by atoms with Gasteiger partial charge in [-0.15, -0.1) is 0 Å². The van der Waals surface area contributed by atoms with Crippen molar-refractivity contribution in [3.8, 4) is 5.75 Å². The number of phenols is 1. The third kappa shape index (κ3) is 11.1. The van der Waals surface area contributed by atoms with Crippen molar-refractivity contribution in [1.82, 2.24) is 15.5 Å². The summed E-state index contributed by atoms with van der Waals surface area (Å²) >= 11 is 0. The number of nitrogens with one attached hydrogen (secondary N) is 2. The lowest BCUT2D eigenvalue weighted by Gasteiger charge is -2.32. The molecule has 0 radical (unpaired) electrons. The van der Waals surface area contributed by atoms with Gasteiger partial charge in [0.15, 0.2) is 0 Å². The van der Waals surface area contributed by atoms with E-state index in [1.165, 1.54) is 17.0 Å². The average molecular weight is 464 g/mol. The van der Waals surface area contributed by atoms with E-state index in [0.717, 1.165) is 32.1 Å². The molecule has 186 valence electrons. The molecule has 3 N–H and O–H groups in total. The number of amides is 3. The molecule has 0 aliphatic rings. The molecule has 0 aromatic heterocycles. The molecule has 1 unspecified atom stereocenters. The molecular formula is C25H41N3O5. The first-order valence-corrected chi connectivity index (χ1v) is 11.9. The number of hydrogen-bond donors (Lipinski definition) is 3. The highest BCUT2D eigenvalue weighted by Gasteiger charge is 2.31. The number of alkyl carbamates (subject to hydrolysis) is 1. The fourth-order valence-electron chi connectivity index (χ4n) is 3.34. The Balaban J connectivity index is 3.11. The van der Waals surface area contributed by atoms with Gasteiger partial charge in [-0.2, -0.15) is 0 Å². The monoisotopic (exact) mass is 463 g/mol. The van der Waals surface area contributed by atoms with E-state index in [-0.39, 0.29) is 18.2 Å². The van der Waals surface area contributed by atoms with Crippen LogP contribution in [-0.2, 0) is 14.3 Å². The number of carbonyl (C=O) groups is 3. The van der Waals surface area contributed by atoms with Crippen LogP contribution in [0, 0.1) is 0 Å². The molecule has 0 saturated heterocycles. The smallest absolute Gasteiger partial charge is 0.408 e. The SMILES string of the molecule is CCCCCNC(=O)C(c1cccc(O)c1)N(CCCCC)C(=O)CNC(=O)OC(C)(C)C. The van der Waals surface area contributed by atoms with Crippen LogP contribution in [0.25, 0.3) is 0 Å². The summed E-state index contributed by atoms with van der Waals surface area (Å²) < 4.78 is 5.22. The van der Waals surface area contributed by atoms with Gasteiger partial charge in [0.25, 0.3) is 0 Å². The largest absolute Gasteiger partial charge is 0.508 e. The van der Waals surface area contributed by atoms with Crippen LogP contribution in [0.5, 0.6) is 5.75 Å². The van der Waals surface area contributed by atoms with Gasteiger partial charge >= 0.3 is 6.09 Å². The Hall–Kier alpha value is -2.77. The zero-order valence-corrected chi connectivity index (χ0v) is 20.8. The highest BCUT2D eigenvalue weighted by atomic mass is 16.6. The quantitative estimate of drug-likeness (QED) is 0.378. The first-order chi connectivity index (χ1) is 15.6. The average Bonchev–Trinajstić information content (AvgIpc) is 2.73. The van der Waals surface area contributed by atoms with Gasteiger partial charge in [0.1, 0.15) is 23.9 Å². The van der Waals surface area contributed by atoms with Crippen LogP contribution in [0.1, 0.15) is 84.7 Å². The van der Waals surface area contributed by atoms with Crippen molar-refractivity contribution in [2.75, 3.05) is 19.6 Å². The zero-order valence-electron chi connectivity index (χ0n) is 20.8. The van der Waals surface area contributed by atoms with Gasteiger partial charge in [0.2, 0.25) is 11.8 Å². The number of carbonyl (C=O) groups excluding carboxylic acids is 3. The number of nitrogens with zero attached hydrogens (tertiary/aromatic N) is 1. The second kappa shape index (κ2) is 14.4. The van der Waals surface area contributed by atoms with E-state index in [9.17, 15) is 19.5 Å². The van der Waals surface area contributed by atoms with Crippen LogP contribution in [0.4, 0.5) is 4.79 Å². The number of unbranched alkanes of at least 4 members (excludes halogenated alkanes) is 4. The second-order valence-corrected chi connectivity index (χ2v) is 9.15. The normalized spacial score (nSPS) is 12.0. The number of hydrogen-bond acceptors (Lipinski definition) is 5. The van der Waals surface area contributed by atoms with E-state index in [0.29, 0.717) is 25.1 Å². The second-order valence-electron chi connectivity index (χ2n) is 9.15. The first-order valence-electron chi connectivity index (χ1n) is 11.9. The Morgan fingerprint density at radius 3 is 2.30 bits per heavy atom. The van der Waals surface area contributed by atoms with Crippen molar-refractivity contribution in [2.24, 2.45) is 0 Å². The van der Waals surface area contributed by atoms with Gasteiger partial charge in [-0.1, -0.05) is 51.7 Å². The summed E-state index contributed by atoms with van der Waals surface area (Å²) in [4.78, 5) is 40.0. The number of phenolic OH excluding ortho intramolecular Hbond substituents is 1. The van der Waals surface area contributed by atoms with E-state index in [1.54, 1.807) is 32.9 Å². The molecule has 1 aromatic carbocycles. The molecule has 1 aromatic rings. The number of ether oxygens (including phenoxy) is 1. The molecule has 1 atom stereocenters. The molecule has 3 amide bonds. The lowest BCUT2D eigenvalue weighted by Crippen LogP contribution is -2.48. The molecule has 0 bridgehead atoms. The van der Waals surface area contributed by atoms with Gasteiger partial charge in [-0.25, -0.2) is 4.79 Å². The highest BCUT2D eigenvalue weighted by molar-refractivity contribution is 5.90. The lowest BCUT2D eigenvalue weighted by atomic mass is 10.0. The fourth-order valence-corrected chi connectivity index (χ4v) is 3.34. The van der Waals surface area contributed by atoms with Crippen LogP contribution < -0.4 is 10.6 Å². The first kappa shape index (κ1) is 28.3. The molecule has 0 spiro atoms. The number of rotatable bonds is 13. The zero-order chi connectivity index (χ0) is 24.9. The Morgan fingerprint density at radius 2 is 1.70 bits per heavy atom. The maximum atomic E-state index is 13.2. The van der Waals surface area contributed by atoms with Gasteiger partial charge in [0.05, 0.1) is 0 Å². The standard InChI is InChI=1S/C25H41N3O5/c1-6-8-10-15-26-23(31)22(19-13-12-14-20(29)17-19)28(16-11-9-7-2)21(30)18-27-24(32)33-25(3,4)5/h12-14,17,22,29H,6-11,15-16,18H2,1-5H3,(H,26,31)(H,27,32). The summed E-state index contributed by atoms with van der Waals surface area (Å²) in [6.45, 7) is 9.94. The molecule has 0 aliphatic heterocycles. The van der Waals surface area contributed by atoms with Crippen molar-refractivity contribution >= 4 is 17.9 Å². The van der Waals surface area contributed by atoms with E-state index >= 15 is 0 Å². The molecule has 1 rings (SSSR count). The summed E-state index contributed by atoms with van der Waals surface area (Å²) in [6.07, 6.45) is 4.75. The minimum atomic E-state index is -0.913. The van der Waals surface area contributed by atoms with Crippen molar-refractivity contribution < 1.29 is 24.2 Å². The molecule has 33 heavy (non-hydrogen) atoms. The summed E-state index contributed by atoms with van der Waals surface area (Å²) in [5, 5.41) is 15.4. The van der Waals surface area contributed by atoms with E-state index < -0.39 is 23.6 Å². The van der Waals surface area contributed by atoms with Crippen LogP contribution in [0.3, 0.4) is 0 Å².